The number of anilines is 1. The van der Waals surface area contributed by atoms with Crippen LogP contribution in [0.5, 0.6) is 5.75 Å². The molecule has 6 nitrogen and oxygen atoms in total. The van der Waals surface area contributed by atoms with Crippen LogP contribution in [0.3, 0.4) is 0 Å². The summed E-state index contributed by atoms with van der Waals surface area (Å²) in [5, 5.41) is 3.26. The molecule has 3 aromatic rings. The van der Waals surface area contributed by atoms with Crippen LogP contribution >= 0.6 is 0 Å². The molecule has 24 heavy (non-hydrogen) atoms. The average Bonchev–Trinajstić information content (AvgIpc) is 2.58. The van der Waals surface area contributed by atoms with Crippen molar-refractivity contribution in [1.29, 1.82) is 0 Å². The smallest absolute Gasteiger partial charge is 0.261 e. The number of nitrogens with one attached hydrogen (secondary N) is 1. The molecule has 3 rings (SSSR count). The first-order valence-electron chi connectivity index (χ1n) is 7.47. The van der Waals surface area contributed by atoms with E-state index in [1.165, 1.54) is 10.9 Å². The number of methoxy groups -OCH3 is 1. The van der Waals surface area contributed by atoms with E-state index in [9.17, 15) is 9.59 Å². The summed E-state index contributed by atoms with van der Waals surface area (Å²) >= 11 is 0. The maximum atomic E-state index is 12.5. The van der Waals surface area contributed by atoms with Crippen molar-refractivity contribution in [1.82, 2.24) is 9.55 Å². The maximum Gasteiger partial charge on any atom is 0.261 e. The molecule has 0 fully saturated rings. The van der Waals surface area contributed by atoms with E-state index in [0.717, 1.165) is 5.56 Å². The molecule has 2 aromatic carbocycles. The predicted octanol–water partition coefficient (Wildman–Crippen LogP) is 2.35. The van der Waals surface area contributed by atoms with Crippen molar-refractivity contribution >= 4 is 22.5 Å². The highest BCUT2D eigenvalue weighted by Crippen LogP contribution is 2.15. The number of hydrogen-bond acceptors (Lipinski definition) is 4. The molecule has 1 N–H and O–H groups in total. The Hall–Kier alpha value is -3.15. The zero-order valence-corrected chi connectivity index (χ0v) is 13.4. The van der Waals surface area contributed by atoms with E-state index in [1.807, 2.05) is 19.1 Å². The second kappa shape index (κ2) is 6.54. The van der Waals surface area contributed by atoms with Crippen molar-refractivity contribution < 1.29 is 9.53 Å². The highest BCUT2D eigenvalue weighted by molar-refractivity contribution is 5.90. The third-order valence-electron chi connectivity index (χ3n) is 3.74. The maximum absolute atomic E-state index is 12.5. The van der Waals surface area contributed by atoms with Crippen LogP contribution in [0.4, 0.5) is 5.69 Å². The summed E-state index contributed by atoms with van der Waals surface area (Å²) in [6.07, 6.45) is 1.41. The van der Waals surface area contributed by atoms with Gasteiger partial charge in [-0.3, -0.25) is 14.2 Å². The van der Waals surface area contributed by atoms with Crippen molar-refractivity contribution in [3.63, 3.8) is 0 Å². The van der Waals surface area contributed by atoms with Crippen LogP contribution in [-0.4, -0.2) is 22.6 Å². The molecule has 0 aliphatic heterocycles. The fourth-order valence-corrected chi connectivity index (χ4v) is 2.48. The fourth-order valence-electron chi connectivity index (χ4n) is 2.48. The lowest BCUT2D eigenvalue weighted by Gasteiger charge is -2.09. The van der Waals surface area contributed by atoms with Crippen molar-refractivity contribution in [2.75, 3.05) is 12.4 Å². The quantitative estimate of drug-likeness (QED) is 0.800. The molecule has 0 radical (unpaired) electrons. The molecule has 0 unspecified atom stereocenters. The Bertz CT molecular complexity index is 946. The standard InChI is InChI=1S/C18H17N3O3/c1-12-4-3-5-15-17(12)19-11-21(18(15)23)10-16(22)20-13-6-8-14(24-2)9-7-13/h3-9,11H,10H2,1-2H3,(H,20,22). The molecule has 0 saturated carbocycles. The van der Waals surface area contributed by atoms with Crippen molar-refractivity contribution in [2.45, 2.75) is 13.5 Å². The van der Waals surface area contributed by atoms with Gasteiger partial charge in [0, 0.05) is 5.69 Å². The normalized spacial score (nSPS) is 10.6. The minimum atomic E-state index is -0.295. The molecular formula is C18H17N3O3. The van der Waals surface area contributed by atoms with Gasteiger partial charge in [0.25, 0.3) is 5.56 Å². The lowest BCUT2D eigenvalue weighted by Crippen LogP contribution is -2.28. The molecule has 0 aliphatic carbocycles. The van der Waals surface area contributed by atoms with Gasteiger partial charge < -0.3 is 10.1 Å². The van der Waals surface area contributed by atoms with Crippen LogP contribution < -0.4 is 15.6 Å². The third kappa shape index (κ3) is 3.12. The van der Waals surface area contributed by atoms with Crippen molar-refractivity contribution in [2.24, 2.45) is 0 Å². The Morgan fingerprint density at radius 3 is 2.67 bits per heavy atom. The number of aryl methyl sites for hydroxylation is 1. The number of fused-ring (bicyclic) bond motifs is 1. The van der Waals surface area contributed by atoms with E-state index in [1.54, 1.807) is 37.4 Å². The number of aromatic nitrogens is 2. The van der Waals surface area contributed by atoms with Crippen LogP contribution in [-0.2, 0) is 11.3 Å². The summed E-state index contributed by atoms with van der Waals surface area (Å²) < 4.78 is 6.38. The minimum Gasteiger partial charge on any atom is -0.497 e. The van der Waals surface area contributed by atoms with E-state index in [2.05, 4.69) is 10.3 Å². The van der Waals surface area contributed by atoms with Crippen LogP contribution in [0.25, 0.3) is 10.9 Å². The summed E-state index contributed by atoms with van der Waals surface area (Å²) in [5.74, 6) is 0.411. The van der Waals surface area contributed by atoms with Gasteiger partial charge in [0.05, 0.1) is 24.3 Å². The second-order valence-corrected chi connectivity index (χ2v) is 5.43. The molecule has 1 heterocycles. The number of hydrogen-bond donors (Lipinski definition) is 1. The number of para-hydroxylation sites is 1. The Balaban J connectivity index is 1.80. The van der Waals surface area contributed by atoms with Gasteiger partial charge in [0.15, 0.2) is 0 Å². The first-order valence-corrected chi connectivity index (χ1v) is 7.47. The first kappa shape index (κ1) is 15.7. The Labute approximate surface area is 138 Å². The SMILES string of the molecule is COc1ccc(NC(=O)Cn2cnc3c(C)cccc3c2=O)cc1. The molecule has 1 aromatic heterocycles. The molecule has 1 amide bonds. The molecule has 0 atom stereocenters. The Morgan fingerprint density at radius 1 is 1.21 bits per heavy atom. The van der Waals surface area contributed by atoms with Crippen LogP contribution in [0.1, 0.15) is 5.56 Å². The van der Waals surface area contributed by atoms with Gasteiger partial charge in [0.1, 0.15) is 12.3 Å². The van der Waals surface area contributed by atoms with E-state index < -0.39 is 0 Å². The lowest BCUT2D eigenvalue weighted by molar-refractivity contribution is -0.116. The summed E-state index contributed by atoms with van der Waals surface area (Å²) in [7, 11) is 1.58. The van der Waals surface area contributed by atoms with Crippen LogP contribution in [0, 0.1) is 6.92 Å². The monoisotopic (exact) mass is 323 g/mol. The van der Waals surface area contributed by atoms with Gasteiger partial charge in [-0.05, 0) is 42.8 Å². The van der Waals surface area contributed by atoms with E-state index in [0.29, 0.717) is 22.3 Å². The number of amides is 1. The van der Waals surface area contributed by atoms with Gasteiger partial charge in [0.2, 0.25) is 5.91 Å². The summed E-state index contributed by atoms with van der Waals surface area (Å²) in [4.78, 5) is 28.9. The average molecular weight is 323 g/mol. The van der Waals surface area contributed by atoms with Gasteiger partial charge in [-0.2, -0.15) is 0 Å². The Kier molecular flexibility index (Phi) is 4.29. The predicted molar refractivity (Wildman–Crippen MR) is 92.4 cm³/mol. The highest BCUT2D eigenvalue weighted by Gasteiger charge is 2.09. The van der Waals surface area contributed by atoms with E-state index >= 15 is 0 Å². The molecule has 0 spiro atoms. The third-order valence-corrected chi connectivity index (χ3v) is 3.74. The summed E-state index contributed by atoms with van der Waals surface area (Å²) in [5.41, 5.74) is 2.00. The zero-order chi connectivity index (χ0) is 17.1. The van der Waals surface area contributed by atoms with Crippen molar-refractivity contribution in [3.05, 3.63) is 64.7 Å². The molecule has 0 saturated heterocycles. The second-order valence-electron chi connectivity index (χ2n) is 5.43. The highest BCUT2D eigenvalue weighted by atomic mass is 16.5. The van der Waals surface area contributed by atoms with E-state index in [-0.39, 0.29) is 18.0 Å². The van der Waals surface area contributed by atoms with Crippen LogP contribution in [0.2, 0.25) is 0 Å². The van der Waals surface area contributed by atoms with Gasteiger partial charge in [-0.1, -0.05) is 12.1 Å². The topological polar surface area (TPSA) is 73.2 Å². The minimum absolute atomic E-state index is 0.0955. The van der Waals surface area contributed by atoms with Gasteiger partial charge >= 0.3 is 0 Å². The molecule has 0 bridgehead atoms. The number of nitrogens with zero attached hydrogens (tertiary/aromatic N) is 2. The van der Waals surface area contributed by atoms with Crippen LogP contribution in [0.15, 0.2) is 53.6 Å². The van der Waals surface area contributed by atoms with Gasteiger partial charge in [-0.15, -0.1) is 0 Å². The largest absolute Gasteiger partial charge is 0.497 e. The number of carbonyl (C=O) groups excluding carboxylic acids is 1. The number of carbonyl (C=O) groups is 1. The number of benzene rings is 2. The molecule has 122 valence electrons. The zero-order valence-electron chi connectivity index (χ0n) is 13.4. The molecular weight excluding hydrogens is 306 g/mol. The summed E-state index contributed by atoms with van der Waals surface area (Å²) in [6.45, 7) is 1.80. The van der Waals surface area contributed by atoms with Crippen molar-refractivity contribution in [3.8, 4) is 5.75 Å². The first-order chi connectivity index (χ1) is 11.6. The number of rotatable bonds is 4. The van der Waals surface area contributed by atoms with E-state index in [4.69, 9.17) is 4.74 Å². The van der Waals surface area contributed by atoms with Gasteiger partial charge in [-0.25, -0.2) is 4.98 Å². The lowest BCUT2D eigenvalue weighted by atomic mass is 10.1. The fraction of sp³-hybridized carbons (Fsp3) is 0.167. The molecule has 6 heteroatoms. The summed E-state index contributed by atoms with van der Waals surface area (Å²) in [6, 6.07) is 12.4. The number of ether oxygens (including phenoxy) is 1. The molecule has 0 aliphatic rings. The Morgan fingerprint density at radius 2 is 1.96 bits per heavy atom.